The lowest BCUT2D eigenvalue weighted by Gasteiger charge is -2.21. The summed E-state index contributed by atoms with van der Waals surface area (Å²) < 4.78 is 11.1. The number of nitrogens with zero attached hydrogens (tertiary/aromatic N) is 1. The number of anilines is 1. The van der Waals surface area contributed by atoms with E-state index in [1.807, 2.05) is 41.8 Å². The third kappa shape index (κ3) is 3.65. The predicted octanol–water partition coefficient (Wildman–Crippen LogP) is 4.96. The van der Waals surface area contributed by atoms with Crippen LogP contribution in [0.15, 0.2) is 63.0 Å². The van der Waals surface area contributed by atoms with Crippen molar-refractivity contribution in [2.24, 2.45) is 0 Å². The number of benzene rings is 1. The summed E-state index contributed by atoms with van der Waals surface area (Å²) in [5.41, 5.74) is 0.789. The van der Waals surface area contributed by atoms with Gasteiger partial charge in [-0.2, -0.15) is 0 Å². The van der Waals surface area contributed by atoms with Crippen molar-refractivity contribution < 1.29 is 13.9 Å². The summed E-state index contributed by atoms with van der Waals surface area (Å²) >= 11 is 4.85. The number of hydrogen-bond donors (Lipinski definition) is 0. The molecule has 3 rings (SSSR count). The summed E-state index contributed by atoms with van der Waals surface area (Å²) in [6, 6.07) is 14.8. The van der Waals surface area contributed by atoms with E-state index in [4.69, 9.17) is 9.15 Å². The van der Waals surface area contributed by atoms with Crippen molar-refractivity contribution in [2.45, 2.75) is 6.54 Å². The standard InChI is InChI=1S/C17H14BrNO3S/c1-21-13-6-4-12(5-7-13)19(11-14-3-2-10-23-14)17(20)15-8-9-16(18)22-15/h2-10H,11H2,1H3. The van der Waals surface area contributed by atoms with Gasteiger partial charge in [0.25, 0.3) is 5.91 Å². The average molecular weight is 392 g/mol. The van der Waals surface area contributed by atoms with Crippen molar-refractivity contribution in [1.29, 1.82) is 0 Å². The van der Waals surface area contributed by atoms with E-state index >= 15 is 0 Å². The van der Waals surface area contributed by atoms with Gasteiger partial charge in [0, 0.05) is 10.6 Å². The average Bonchev–Trinajstić information content (AvgIpc) is 3.24. The van der Waals surface area contributed by atoms with Crippen LogP contribution < -0.4 is 9.64 Å². The Bertz CT molecular complexity index is 781. The van der Waals surface area contributed by atoms with Gasteiger partial charge in [-0.1, -0.05) is 6.07 Å². The second-order valence-corrected chi connectivity index (χ2v) is 6.59. The molecule has 2 aromatic heterocycles. The first-order valence-electron chi connectivity index (χ1n) is 6.91. The molecule has 0 saturated heterocycles. The summed E-state index contributed by atoms with van der Waals surface area (Å²) in [5.74, 6) is 0.858. The molecule has 0 fully saturated rings. The van der Waals surface area contributed by atoms with Crippen LogP contribution >= 0.6 is 27.3 Å². The van der Waals surface area contributed by atoms with E-state index in [-0.39, 0.29) is 5.91 Å². The van der Waals surface area contributed by atoms with E-state index in [2.05, 4.69) is 15.9 Å². The minimum absolute atomic E-state index is 0.186. The Morgan fingerprint density at radius 1 is 1.22 bits per heavy atom. The first-order chi connectivity index (χ1) is 11.2. The van der Waals surface area contributed by atoms with Gasteiger partial charge in [-0.3, -0.25) is 4.79 Å². The maximum atomic E-state index is 12.8. The molecule has 0 atom stereocenters. The number of halogens is 1. The molecule has 0 bridgehead atoms. The molecule has 1 aromatic carbocycles. The van der Waals surface area contributed by atoms with Gasteiger partial charge in [-0.25, -0.2) is 0 Å². The van der Waals surface area contributed by atoms with E-state index in [9.17, 15) is 4.79 Å². The number of carbonyl (C=O) groups excluding carboxylic acids is 1. The molecule has 4 nitrogen and oxygen atoms in total. The molecule has 0 aliphatic rings. The molecular formula is C17H14BrNO3S. The van der Waals surface area contributed by atoms with Gasteiger partial charge < -0.3 is 14.1 Å². The minimum Gasteiger partial charge on any atom is -0.497 e. The normalized spacial score (nSPS) is 10.5. The largest absolute Gasteiger partial charge is 0.497 e. The highest BCUT2D eigenvalue weighted by Crippen LogP contribution is 2.25. The van der Waals surface area contributed by atoms with E-state index < -0.39 is 0 Å². The van der Waals surface area contributed by atoms with Gasteiger partial charge in [0.2, 0.25) is 0 Å². The highest BCUT2D eigenvalue weighted by Gasteiger charge is 2.21. The monoisotopic (exact) mass is 391 g/mol. The summed E-state index contributed by atoms with van der Waals surface area (Å²) in [6.07, 6.45) is 0. The number of ether oxygens (including phenoxy) is 1. The molecule has 0 aliphatic carbocycles. The Morgan fingerprint density at radius 2 is 2.00 bits per heavy atom. The van der Waals surface area contributed by atoms with Crippen LogP contribution in [0.2, 0.25) is 0 Å². The summed E-state index contributed by atoms with van der Waals surface area (Å²) in [4.78, 5) is 15.6. The number of rotatable bonds is 5. The van der Waals surface area contributed by atoms with Crippen molar-refractivity contribution in [1.82, 2.24) is 0 Å². The van der Waals surface area contributed by atoms with Crippen molar-refractivity contribution >= 4 is 38.9 Å². The molecule has 0 N–H and O–H groups in total. The van der Waals surface area contributed by atoms with Crippen molar-refractivity contribution in [3.05, 3.63) is 69.2 Å². The van der Waals surface area contributed by atoms with Gasteiger partial charge in [-0.15, -0.1) is 11.3 Å². The zero-order chi connectivity index (χ0) is 16.2. The fourth-order valence-electron chi connectivity index (χ4n) is 2.16. The lowest BCUT2D eigenvalue weighted by Crippen LogP contribution is -2.29. The van der Waals surface area contributed by atoms with Crippen LogP contribution in [-0.2, 0) is 6.54 Å². The van der Waals surface area contributed by atoms with Crippen LogP contribution in [0.25, 0.3) is 0 Å². The van der Waals surface area contributed by atoms with Crippen LogP contribution in [0.3, 0.4) is 0 Å². The summed E-state index contributed by atoms with van der Waals surface area (Å²) in [5, 5.41) is 2.00. The van der Waals surface area contributed by atoms with Gasteiger partial charge in [0.1, 0.15) is 5.75 Å². The van der Waals surface area contributed by atoms with Crippen LogP contribution in [0, 0.1) is 0 Å². The molecule has 1 amide bonds. The molecule has 23 heavy (non-hydrogen) atoms. The van der Waals surface area contributed by atoms with Crippen LogP contribution in [0.1, 0.15) is 15.4 Å². The molecule has 0 saturated carbocycles. The number of furan rings is 1. The second kappa shape index (κ2) is 7.02. The second-order valence-electron chi connectivity index (χ2n) is 4.77. The van der Waals surface area contributed by atoms with E-state index in [0.717, 1.165) is 16.3 Å². The van der Waals surface area contributed by atoms with E-state index in [0.29, 0.717) is 17.0 Å². The highest BCUT2D eigenvalue weighted by atomic mass is 79.9. The number of hydrogen-bond acceptors (Lipinski definition) is 4. The Labute approximate surface area is 146 Å². The highest BCUT2D eigenvalue weighted by molar-refractivity contribution is 9.10. The molecule has 3 aromatic rings. The fraction of sp³-hybridized carbons (Fsp3) is 0.118. The molecule has 6 heteroatoms. The maximum absolute atomic E-state index is 12.8. The first-order valence-corrected chi connectivity index (χ1v) is 8.58. The van der Waals surface area contributed by atoms with Crippen LogP contribution in [-0.4, -0.2) is 13.0 Å². The zero-order valence-corrected chi connectivity index (χ0v) is 14.8. The molecule has 0 unspecified atom stereocenters. The van der Waals surface area contributed by atoms with E-state index in [1.165, 1.54) is 0 Å². The Morgan fingerprint density at radius 3 is 2.57 bits per heavy atom. The lowest BCUT2D eigenvalue weighted by atomic mass is 10.2. The lowest BCUT2D eigenvalue weighted by molar-refractivity contribution is 0.0957. The number of carbonyl (C=O) groups is 1. The smallest absolute Gasteiger partial charge is 0.294 e. The molecule has 0 spiro atoms. The Kier molecular flexibility index (Phi) is 4.83. The number of thiophene rings is 1. The summed E-state index contributed by atoms with van der Waals surface area (Å²) in [6.45, 7) is 0.487. The third-order valence-electron chi connectivity index (χ3n) is 3.31. The first kappa shape index (κ1) is 15.8. The van der Waals surface area contributed by atoms with Gasteiger partial charge in [0.15, 0.2) is 10.4 Å². The molecule has 2 heterocycles. The van der Waals surface area contributed by atoms with Crippen LogP contribution in [0.5, 0.6) is 5.75 Å². The Balaban J connectivity index is 1.93. The maximum Gasteiger partial charge on any atom is 0.294 e. The molecule has 0 aliphatic heterocycles. The number of amides is 1. The van der Waals surface area contributed by atoms with Crippen molar-refractivity contribution in [3.63, 3.8) is 0 Å². The minimum atomic E-state index is -0.186. The van der Waals surface area contributed by atoms with E-state index in [1.54, 1.807) is 35.5 Å². The molecular weight excluding hydrogens is 378 g/mol. The molecule has 0 radical (unpaired) electrons. The van der Waals surface area contributed by atoms with Crippen molar-refractivity contribution in [2.75, 3.05) is 12.0 Å². The van der Waals surface area contributed by atoms with Gasteiger partial charge in [0.05, 0.1) is 13.7 Å². The fourth-order valence-corrected chi connectivity index (χ4v) is 3.16. The quantitative estimate of drug-likeness (QED) is 0.617. The Hall–Kier alpha value is -2.05. The zero-order valence-electron chi connectivity index (χ0n) is 12.4. The SMILES string of the molecule is COc1ccc(N(Cc2cccs2)C(=O)c2ccc(Br)o2)cc1. The predicted molar refractivity (Wildman–Crippen MR) is 94.2 cm³/mol. The van der Waals surface area contributed by atoms with Crippen LogP contribution in [0.4, 0.5) is 5.69 Å². The summed E-state index contributed by atoms with van der Waals surface area (Å²) in [7, 11) is 1.62. The van der Waals surface area contributed by atoms with Gasteiger partial charge >= 0.3 is 0 Å². The topological polar surface area (TPSA) is 42.7 Å². The molecule has 118 valence electrons. The van der Waals surface area contributed by atoms with Gasteiger partial charge in [-0.05, 0) is 63.8 Å². The van der Waals surface area contributed by atoms with Crippen molar-refractivity contribution in [3.8, 4) is 5.75 Å². The third-order valence-corrected chi connectivity index (χ3v) is 4.59. The number of methoxy groups -OCH3 is 1.